The molecule has 4 rings (SSSR count). The van der Waals surface area contributed by atoms with E-state index in [0.717, 1.165) is 10.6 Å². The van der Waals surface area contributed by atoms with Crippen LogP contribution in [0.4, 0.5) is 11.4 Å². The van der Waals surface area contributed by atoms with Crippen LogP contribution in [0, 0.1) is 24.0 Å². The molecular formula is C24H17ClN4O6S. The number of carboxylic acids is 1. The molecule has 0 radical (unpaired) electrons. The minimum absolute atomic E-state index is 0.0283. The number of benzene rings is 2. The van der Waals surface area contributed by atoms with Crippen LogP contribution < -0.4 is 10.2 Å². The fourth-order valence-electron chi connectivity index (χ4n) is 3.94. The van der Waals surface area contributed by atoms with Gasteiger partial charge in [-0.15, -0.1) is 0 Å². The molecule has 12 heteroatoms. The zero-order valence-corrected chi connectivity index (χ0v) is 20.4. The molecule has 0 bridgehead atoms. The number of nitrogens with zero attached hydrogens (tertiary/aromatic N) is 3. The maximum absolute atomic E-state index is 13.3. The van der Waals surface area contributed by atoms with Crippen LogP contribution >= 0.6 is 23.8 Å². The quantitative estimate of drug-likeness (QED) is 0.168. The van der Waals surface area contributed by atoms with Crippen molar-refractivity contribution in [1.82, 2.24) is 9.88 Å². The second-order valence-electron chi connectivity index (χ2n) is 7.87. The van der Waals surface area contributed by atoms with E-state index in [0.29, 0.717) is 16.9 Å². The number of carbonyl (C=O) groups excluding carboxylic acids is 2. The zero-order chi connectivity index (χ0) is 26.3. The molecule has 2 aromatic carbocycles. The summed E-state index contributed by atoms with van der Waals surface area (Å²) in [4.78, 5) is 48.9. The summed E-state index contributed by atoms with van der Waals surface area (Å²) in [7, 11) is 0. The first-order chi connectivity index (χ1) is 17.0. The molecule has 3 aromatic rings. The van der Waals surface area contributed by atoms with Crippen LogP contribution in [-0.4, -0.2) is 37.5 Å². The van der Waals surface area contributed by atoms with Crippen LogP contribution in [0.25, 0.3) is 11.8 Å². The van der Waals surface area contributed by atoms with Crippen molar-refractivity contribution in [2.24, 2.45) is 0 Å². The molecule has 1 aliphatic heterocycles. The molecule has 2 amide bonds. The Morgan fingerprint density at radius 3 is 2.50 bits per heavy atom. The number of aromatic carboxylic acids is 1. The lowest BCUT2D eigenvalue weighted by Crippen LogP contribution is -2.54. The van der Waals surface area contributed by atoms with Gasteiger partial charge in [-0.05, 0) is 74.1 Å². The summed E-state index contributed by atoms with van der Waals surface area (Å²) >= 11 is 11.3. The van der Waals surface area contributed by atoms with Crippen molar-refractivity contribution >= 4 is 64.2 Å². The topological polar surface area (TPSA) is 135 Å². The van der Waals surface area contributed by atoms with Gasteiger partial charge in [0.1, 0.15) is 10.6 Å². The molecule has 36 heavy (non-hydrogen) atoms. The lowest BCUT2D eigenvalue weighted by atomic mass is 10.1. The van der Waals surface area contributed by atoms with Crippen molar-refractivity contribution in [2.45, 2.75) is 13.8 Å². The highest BCUT2D eigenvalue weighted by molar-refractivity contribution is 7.80. The second kappa shape index (κ2) is 9.36. The number of nitro groups is 1. The number of rotatable bonds is 5. The van der Waals surface area contributed by atoms with Crippen LogP contribution in [0.3, 0.4) is 0 Å². The van der Waals surface area contributed by atoms with Crippen molar-refractivity contribution in [3.8, 4) is 5.69 Å². The van der Waals surface area contributed by atoms with E-state index in [2.05, 4.69) is 5.32 Å². The highest BCUT2D eigenvalue weighted by atomic mass is 35.5. The first-order valence-corrected chi connectivity index (χ1v) is 11.2. The first kappa shape index (κ1) is 24.8. The third-order valence-corrected chi connectivity index (χ3v) is 6.20. The Labute approximate surface area is 214 Å². The van der Waals surface area contributed by atoms with Gasteiger partial charge in [-0.25, -0.2) is 4.79 Å². The molecule has 1 aliphatic rings. The van der Waals surface area contributed by atoms with Crippen LogP contribution in [-0.2, 0) is 9.59 Å². The molecule has 0 atom stereocenters. The number of nitrogens with one attached hydrogen (secondary N) is 1. The zero-order valence-electron chi connectivity index (χ0n) is 18.8. The van der Waals surface area contributed by atoms with Gasteiger partial charge < -0.3 is 9.67 Å². The van der Waals surface area contributed by atoms with Gasteiger partial charge in [0, 0.05) is 23.1 Å². The van der Waals surface area contributed by atoms with Crippen LogP contribution in [0.1, 0.15) is 27.3 Å². The number of thiocarbonyl (C=S) groups is 1. The molecule has 1 fully saturated rings. The molecule has 1 aromatic heterocycles. The van der Waals surface area contributed by atoms with Crippen molar-refractivity contribution in [1.29, 1.82) is 0 Å². The summed E-state index contributed by atoms with van der Waals surface area (Å²) in [6, 6.07) is 11.7. The third kappa shape index (κ3) is 4.37. The van der Waals surface area contributed by atoms with E-state index < -0.39 is 22.7 Å². The highest BCUT2D eigenvalue weighted by Crippen LogP contribution is 2.30. The molecule has 2 heterocycles. The summed E-state index contributed by atoms with van der Waals surface area (Å²) in [6.45, 7) is 3.56. The Kier molecular flexibility index (Phi) is 6.44. The summed E-state index contributed by atoms with van der Waals surface area (Å²) in [5.74, 6) is -2.58. The van der Waals surface area contributed by atoms with Crippen LogP contribution in [0.15, 0.2) is 54.1 Å². The summed E-state index contributed by atoms with van der Waals surface area (Å²) < 4.78 is 1.78. The fourth-order valence-corrected chi connectivity index (χ4v) is 4.46. The van der Waals surface area contributed by atoms with Crippen molar-refractivity contribution in [2.75, 3.05) is 4.90 Å². The lowest BCUT2D eigenvalue weighted by molar-refractivity contribution is -0.384. The molecule has 1 saturated heterocycles. The molecule has 0 spiro atoms. The number of anilines is 1. The average Bonchev–Trinajstić information content (AvgIpc) is 3.09. The van der Waals surface area contributed by atoms with E-state index in [9.17, 15) is 29.6 Å². The number of hydrogen-bond donors (Lipinski definition) is 2. The number of carbonyl (C=O) groups is 3. The Hall–Kier alpha value is -4.35. The van der Waals surface area contributed by atoms with E-state index in [1.54, 1.807) is 30.5 Å². The lowest BCUT2D eigenvalue weighted by Gasteiger charge is -2.29. The average molecular weight is 525 g/mol. The van der Waals surface area contributed by atoms with Gasteiger partial charge in [0.25, 0.3) is 17.5 Å². The molecule has 10 nitrogen and oxygen atoms in total. The smallest absolute Gasteiger partial charge is 0.335 e. The highest BCUT2D eigenvalue weighted by Gasteiger charge is 2.35. The van der Waals surface area contributed by atoms with Crippen LogP contribution in [0.2, 0.25) is 5.02 Å². The summed E-state index contributed by atoms with van der Waals surface area (Å²) in [5, 5.41) is 22.6. The maximum Gasteiger partial charge on any atom is 0.335 e. The SMILES string of the molecule is Cc1cc(C=C2C(=O)NC(=S)N(c3cccc(C(=O)O)c3)C2=O)c(C)n1-c1ccc([N+](=O)[O-])c(Cl)c1. The number of amides is 2. The maximum atomic E-state index is 13.3. The normalized spacial score (nSPS) is 14.8. The molecule has 2 N–H and O–H groups in total. The number of carboxylic acid groups (broad SMARTS) is 1. The molecular weight excluding hydrogens is 508 g/mol. The number of aryl methyl sites for hydroxylation is 1. The van der Waals surface area contributed by atoms with Gasteiger partial charge >= 0.3 is 5.97 Å². The van der Waals surface area contributed by atoms with Crippen molar-refractivity contribution < 1.29 is 24.4 Å². The Morgan fingerprint density at radius 2 is 1.86 bits per heavy atom. The van der Waals surface area contributed by atoms with Gasteiger partial charge in [-0.2, -0.15) is 0 Å². The van der Waals surface area contributed by atoms with E-state index in [1.165, 1.54) is 42.5 Å². The van der Waals surface area contributed by atoms with Gasteiger partial charge in [0.05, 0.1) is 16.2 Å². The van der Waals surface area contributed by atoms with Gasteiger partial charge in [0.2, 0.25) is 0 Å². The third-order valence-electron chi connectivity index (χ3n) is 5.61. The standard InChI is InChI=1S/C24H17ClN4O6S/c1-12-8-15(13(2)27(12)17-6-7-20(29(34)35)19(25)11-17)10-18-21(30)26-24(36)28(22(18)31)16-5-3-4-14(9-16)23(32)33/h3-11H,1-2H3,(H,32,33)(H,26,30,36). The Balaban J connectivity index is 1.76. The molecule has 0 unspecified atom stereocenters. The number of halogens is 1. The number of nitro benzene ring substituents is 1. The number of aromatic nitrogens is 1. The molecule has 0 aliphatic carbocycles. The van der Waals surface area contributed by atoms with E-state index in [1.807, 2.05) is 0 Å². The molecule has 182 valence electrons. The second-order valence-corrected chi connectivity index (χ2v) is 8.66. The summed E-state index contributed by atoms with van der Waals surface area (Å²) in [6.07, 6.45) is 1.42. The fraction of sp³-hybridized carbons (Fsp3) is 0.0833. The van der Waals surface area contributed by atoms with Crippen LogP contribution in [0.5, 0.6) is 0 Å². The minimum Gasteiger partial charge on any atom is -0.478 e. The van der Waals surface area contributed by atoms with Crippen molar-refractivity contribution in [3.05, 3.63) is 91.8 Å². The monoisotopic (exact) mass is 524 g/mol. The molecule has 0 saturated carbocycles. The Morgan fingerprint density at radius 1 is 1.14 bits per heavy atom. The van der Waals surface area contributed by atoms with Crippen molar-refractivity contribution in [3.63, 3.8) is 0 Å². The van der Waals surface area contributed by atoms with Gasteiger partial charge in [0.15, 0.2) is 5.11 Å². The first-order valence-electron chi connectivity index (χ1n) is 10.4. The predicted molar refractivity (Wildman–Crippen MR) is 137 cm³/mol. The van der Waals surface area contributed by atoms with E-state index in [4.69, 9.17) is 23.8 Å². The largest absolute Gasteiger partial charge is 0.478 e. The number of hydrogen-bond acceptors (Lipinski definition) is 6. The minimum atomic E-state index is -1.18. The predicted octanol–water partition coefficient (Wildman–Crippen LogP) is 4.19. The Bertz CT molecular complexity index is 1530. The van der Waals surface area contributed by atoms with Gasteiger partial charge in [-0.3, -0.25) is 29.9 Å². The van der Waals surface area contributed by atoms with E-state index >= 15 is 0 Å². The van der Waals surface area contributed by atoms with E-state index in [-0.39, 0.29) is 32.6 Å². The van der Waals surface area contributed by atoms with Gasteiger partial charge in [-0.1, -0.05) is 17.7 Å². The summed E-state index contributed by atoms with van der Waals surface area (Å²) in [5.41, 5.74) is 2.22.